The van der Waals surface area contributed by atoms with Gasteiger partial charge in [-0.15, -0.1) is 0 Å². The molecule has 0 aromatic heterocycles. The molecule has 0 bridgehead atoms. The van der Waals surface area contributed by atoms with Crippen molar-refractivity contribution < 1.29 is 0 Å². The average molecular weight is 209 g/mol. The van der Waals surface area contributed by atoms with E-state index in [-0.39, 0.29) is 0 Å². The first-order valence-electron chi connectivity index (χ1n) is 3.92. The highest BCUT2D eigenvalue weighted by atomic mass is 32.2. The normalized spacial score (nSPS) is 9.23. The van der Waals surface area contributed by atoms with Crippen LogP contribution in [0.1, 0.15) is 5.56 Å². The molecule has 1 aromatic rings. The molecule has 1 nitrogen and oxygen atoms in total. The lowest BCUT2D eigenvalue weighted by molar-refractivity contribution is 0.940. The van der Waals surface area contributed by atoms with Gasteiger partial charge in [-0.05, 0) is 11.0 Å². The van der Waals surface area contributed by atoms with Crippen molar-refractivity contribution in [1.29, 1.82) is 0 Å². The fourth-order valence-electron chi connectivity index (χ4n) is 0.887. The van der Waals surface area contributed by atoms with E-state index in [0.717, 1.165) is 10.9 Å². The number of nitrogens with one attached hydrogen (secondary N) is 1. The Morgan fingerprint density at radius 2 is 2.15 bits per heavy atom. The molecular formula is C10H11NS2. The first-order valence-corrected chi connectivity index (χ1v) is 5.21. The first-order chi connectivity index (χ1) is 6.33. The van der Waals surface area contributed by atoms with Crippen molar-refractivity contribution in [3.8, 4) is 0 Å². The van der Waals surface area contributed by atoms with Crippen molar-refractivity contribution in [2.75, 3.05) is 0 Å². The van der Waals surface area contributed by atoms with Gasteiger partial charge in [-0.1, -0.05) is 60.9 Å². The molecule has 13 heavy (non-hydrogen) atoms. The summed E-state index contributed by atoms with van der Waals surface area (Å²) in [5, 5.41) is 4.85. The van der Waals surface area contributed by atoms with Gasteiger partial charge in [0, 0.05) is 6.54 Å². The monoisotopic (exact) mass is 209 g/mol. The van der Waals surface area contributed by atoms with Crippen molar-refractivity contribution >= 4 is 28.3 Å². The highest BCUT2D eigenvalue weighted by Gasteiger charge is 1.93. The largest absolute Gasteiger partial charge is 0.367 e. The molecule has 0 aliphatic rings. The predicted molar refractivity (Wildman–Crippen MR) is 63.7 cm³/mol. The minimum absolute atomic E-state index is 0.763. The molecule has 0 spiro atoms. The fourth-order valence-corrected chi connectivity index (χ4v) is 1.47. The lowest BCUT2D eigenvalue weighted by Gasteiger charge is -2.04. The Hall–Kier alpha value is -0.800. The Morgan fingerprint density at radius 3 is 2.77 bits per heavy atom. The highest BCUT2D eigenvalue weighted by Crippen LogP contribution is 2.03. The van der Waals surface area contributed by atoms with Crippen LogP contribution < -0.4 is 5.32 Å². The second-order valence-electron chi connectivity index (χ2n) is 2.41. The number of thiocarbonyl (C=S) groups is 1. The van der Waals surface area contributed by atoms with Crippen molar-refractivity contribution in [2.24, 2.45) is 0 Å². The topological polar surface area (TPSA) is 12.0 Å². The molecule has 0 saturated carbocycles. The average Bonchev–Trinajstić information content (AvgIpc) is 2.17. The molecule has 0 aliphatic carbocycles. The van der Waals surface area contributed by atoms with Gasteiger partial charge in [0.05, 0.1) is 0 Å². The van der Waals surface area contributed by atoms with Crippen LogP contribution in [-0.2, 0) is 6.54 Å². The van der Waals surface area contributed by atoms with Crippen LogP contribution in [0.25, 0.3) is 0 Å². The lowest BCUT2D eigenvalue weighted by atomic mass is 10.2. The summed E-state index contributed by atoms with van der Waals surface area (Å²) in [7, 11) is 0. The maximum Gasteiger partial charge on any atom is 0.138 e. The predicted octanol–water partition coefficient (Wildman–Crippen LogP) is 2.94. The lowest BCUT2D eigenvalue weighted by Crippen LogP contribution is -2.16. The molecule has 0 heterocycles. The van der Waals surface area contributed by atoms with Gasteiger partial charge in [0.25, 0.3) is 0 Å². The summed E-state index contributed by atoms with van der Waals surface area (Å²) in [5.41, 5.74) is 1.23. The Balaban J connectivity index is 2.35. The molecule has 0 unspecified atom stereocenters. The zero-order chi connectivity index (χ0) is 9.52. The number of benzene rings is 1. The standard InChI is InChI=1S/C10H11NS2/c1-2-13-10(12)11-8-9-6-4-3-5-7-9/h2-7H,1,8H2,(H,11,12). The summed E-state index contributed by atoms with van der Waals surface area (Å²) < 4.78 is 0.763. The van der Waals surface area contributed by atoms with Gasteiger partial charge < -0.3 is 5.32 Å². The van der Waals surface area contributed by atoms with E-state index in [1.165, 1.54) is 17.3 Å². The van der Waals surface area contributed by atoms with Gasteiger partial charge in [0.1, 0.15) is 4.32 Å². The third-order valence-corrected chi connectivity index (χ3v) is 2.43. The molecule has 1 N–H and O–H groups in total. The zero-order valence-electron chi connectivity index (χ0n) is 7.19. The summed E-state index contributed by atoms with van der Waals surface area (Å²) in [6, 6.07) is 10.2. The van der Waals surface area contributed by atoms with Crippen LogP contribution in [0.3, 0.4) is 0 Å². The summed E-state index contributed by atoms with van der Waals surface area (Å²) in [5.74, 6) is 0. The molecule has 1 rings (SSSR count). The van der Waals surface area contributed by atoms with E-state index in [1.807, 2.05) is 18.2 Å². The van der Waals surface area contributed by atoms with Crippen molar-refractivity contribution in [3.05, 3.63) is 47.9 Å². The van der Waals surface area contributed by atoms with Gasteiger partial charge in [-0.25, -0.2) is 0 Å². The first kappa shape index (κ1) is 10.3. The summed E-state index contributed by atoms with van der Waals surface area (Å²) >= 11 is 6.47. The van der Waals surface area contributed by atoms with E-state index in [9.17, 15) is 0 Å². The van der Waals surface area contributed by atoms with E-state index < -0.39 is 0 Å². The molecule has 1 aromatic carbocycles. The molecule has 0 saturated heterocycles. The van der Waals surface area contributed by atoms with Crippen molar-refractivity contribution in [3.63, 3.8) is 0 Å². The highest BCUT2D eigenvalue weighted by molar-refractivity contribution is 8.24. The van der Waals surface area contributed by atoms with Crippen LogP contribution in [0.5, 0.6) is 0 Å². The van der Waals surface area contributed by atoms with E-state index in [1.54, 1.807) is 5.41 Å². The third-order valence-electron chi connectivity index (χ3n) is 1.47. The van der Waals surface area contributed by atoms with Gasteiger partial charge >= 0.3 is 0 Å². The third kappa shape index (κ3) is 4.10. The Labute approximate surface area is 88.2 Å². The van der Waals surface area contributed by atoms with Crippen LogP contribution in [0.4, 0.5) is 0 Å². The molecule has 0 radical (unpaired) electrons. The maximum atomic E-state index is 5.03. The van der Waals surface area contributed by atoms with E-state index in [4.69, 9.17) is 12.2 Å². The number of hydrogen-bond donors (Lipinski definition) is 1. The van der Waals surface area contributed by atoms with Gasteiger partial charge in [0.15, 0.2) is 0 Å². The SMILES string of the molecule is C=CSC(=S)NCc1ccccc1. The number of thioether (sulfide) groups is 1. The number of hydrogen-bond acceptors (Lipinski definition) is 2. The molecule has 0 atom stereocenters. The number of rotatable bonds is 3. The van der Waals surface area contributed by atoms with E-state index in [2.05, 4.69) is 24.0 Å². The smallest absolute Gasteiger partial charge is 0.138 e. The molecular weight excluding hydrogens is 198 g/mol. The van der Waals surface area contributed by atoms with E-state index >= 15 is 0 Å². The summed E-state index contributed by atoms with van der Waals surface area (Å²) in [4.78, 5) is 0. The van der Waals surface area contributed by atoms with Crippen LogP contribution >= 0.6 is 24.0 Å². The van der Waals surface area contributed by atoms with Crippen LogP contribution in [-0.4, -0.2) is 4.32 Å². The molecule has 0 aliphatic heterocycles. The van der Waals surface area contributed by atoms with Crippen LogP contribution in [0, 0.1) is 0 Å². The van der Waals surface area contributed by atoms with Gasteiger partial charge in [0.2, 0.25) is 0 Å². The second-order valence-corrected chi connectivity index (χ2v) is 4.06. The van der Waals surface area contributed by atoms with Crippen LogP contribution in [0.2, 0.25) is 0 Å². The summed E-state index contributed by atoms with van der Waals surface area (Å²) in [6.45, 7) is 4.37. The van der Waals surface area contributed by atoms with Gasteiger partial charge in [-0.3, -0.25) is 0 Å². The molecule has 3 heteroatoms. The minimum Gasteiger partial charge on any atom is -0.367 e. The van der Waals surface area contributed by atoms with E-state index in [0.29, 0.717) is 0 Å². The Morgan fingerprint density at radius 1 is 1.46 bits per heavy atom. The molecule has 0 fully saturated rings. The van der Waals surface area contributed by atoms with Gasteiger partial charge in [-0.2, -0.15) is 0 Å². The van der Waals surface area contributed by atoms with Crippen molar-refractivity contribution in [2.45, 2.75) is 6.54 Å². The Kier molecular flexibility index (Phi) is 4.57. The maximum absolute atomic E-state index is 5.03. The Bertz CT molecular complexity index is 282. The zero-order valence-corrected chi connectivity index (χ0v) is 8.83. The summed E-state index contributed by atoms with van der Waals surface area (Å²) in [6.07, 6.45) is 0. The second kappa shape index (κ2) is 5.78. The fraction of sp³-hybridized carbons (Fsp3) is 0.100. The van der Waals surface area contributed by atoms with Crippen LogP contribution in [0.15, 0.2) is 42.3 Å². The quantitative estimate of drug-likeness (QED) is 0.769. The minimum atomic E-state index is 0.763. The molecule has 68 valence electrons. The van der Waals surface area contributed by atoms with Crippen molar-refractivity contribution in [1.82, 2.24) is 5.32 Å². The molecule has 0 amide bonds.